The molecular weight excluding hydrogens is 330 g/mol. The molecule has 1 amide bonds. The van der Waals surface area contributed by atoms with Gasteiger partial charge in [0.25, 0.3) is 5.56 Å². The number of carbonyl (C=O) groups is 1. The Morgan fingerprint density at radius 1 is 1.42 bits per heavy atom. The van der Waals surface area contributed by atoms with E-state index in [-0.39, 0.29) is 48.9 Å². The van der Waals surface area contributed by atoms with Gasteiger partial charge >= 0.3 is 0 Å². The predicted molar refractivity (Wildman–Crippen MR) is 94.3 cm³/mol. The number of aromatic nitrogens is 3. The summed E-state index contributed by atoms with van der Waals surface area (Å²) in [5.41, 5.74) is 0.358. The molecule has 1 aromatic carbocycles. The zero-order valence-corrected chi connectivity index (χ0v) is 14.4. The van der Waals surface area contributed by atoms with Gasteiger partial charge < -0.3 is 10.6 Å². The molecule has 24 heavy (non-hydrogen) atoms. The van der Waals surface area contributed by atoms with Gasteiger partial charge in [-0.25, -0.2) is 4.68 Å². The average Bonchev–Trinajstić information content (AvgIpc) is 2.57. The molecule has 2 atom stereocenters. The van der Waals surface area contributed by atoms with Gasteiger partial charge in [-0.15, -0.1) is 17.5 Å². The Bertz CT molecular complexity index is 763. The van der Waals surface area contributed by atoms with Gasteiger partial charge in [0.15, 0.2) is 0 Å². The van der Waals surface area contributed by atoms with Crippen molar-refractivity contribution >= 4 is 29.2 Å². The molecule has 0 radical (unpaired) electrons. The van der Waals surface area contributed by atoms with E-state index in [4.69, 9.17) is 0 Å². The number of nitrogens with zero attached hydrogens (tertiary/aromatic N) is 3. The number of fused-ring (bicyclic) bond motifs is 1. The fraction of sp³-hybridized carbons (Fsp3) is 0.500. The third kappa shape index (κ3) is 4.10. The van der Waals surface area contributed by atoms with E-state index in [2.05, 4.69) is 27.9 Å². The Hall–Kier alpha value is -1.99. The Labute approximate surface area is 146 Å². The topological polar surface area (TPSA) is 88.9 Å². The van der Waals surface area contributed by atoms with E-state index in [1.54, 1.807) is 18.2 Å². The average molecular weight is 352 g/mol. The quantitative estimate of drug-likeness (QED) is 0.852. The Morgan fingerprint density at radius 2 is 2.21 bits per heavy atom. The molecule has 0 saturated carbocycles. The molecule has 130 valence electrons. The van der Waals surface area contributed by atoms with Crippen molar-refractivity contribution in [3.05, 3.63) is 34.6 Å². The van der Waals surface area contributed by atoms with Crippen molar-refractivity contribution in [1.29, 1.82) is 0 Å². The van der Waals surface area contributed by atoms with Crippen molar-refractivity contribution in [3.63, 3.8) is 0 Å². The van der Waals surface area contributed by atoms with Crippen molar-refractivity contribution in [2.45, 2.75) is 44.8 Å². The summed E-state index contributed by atoms with van der Waals surface area (Å²) in [4.78, 5) is 24.4. The molecule has 7 nitrogen and oxygen atoms in total. The van der Waals surface area contributed by atoms with Crippen LogP contribution >= 0.6 is 12.4 Å². The third-order valence-corrected chi connectivity index (χ3v) is 4.29. The zero-order chi connectivity index (χ0) is 16.2. The lowest BCUT2D eigenvalue weighted by atomic mass is 10.00. The van der Waals surface area contributed by atoms with Crippen LogP contribution in [0.3, 0.4) is 0 Å². The number of rotatable bonds is 4. The lowest BCUT2D eigenvalue weighted by molar-refractivity contribution is -0.122. The van der Waals surface area contributed by atoms with Crippen LogP contribution < -0.4 is 16.2 Å². The van der Waals surface area contributed by atoms with Crippen LogP contribution in [0.4, 0.5) is 0 Å². The third-order valence-electron chi connectivity index (χ3n) is 4.29. The second-order valence-electron chi connectivity index (χ2n) is 5.94. The van der Waals surface area contributed by atoms with Crippen LogP contribution in [0.15, 0.2) is 29.1 Å². The number of carbonyl (C=O) groups excluding carboxylic acids is 1. The van der Waals surface area contributed by atoms with E-state index in [9.17, 15) is 9.59 Å². The standard InChI is InChI=1S/C16H21N5O2.ClH/c1-11-13(7-4-9-17-11)18-15(22)8-10-21-16(23)12-5-2-3-6-14(12)19-20-21;/h2-3,5-6,11,13,17H,4,7-10H2,1H3,(H,18,22);1H. The van der Waals surface area contributed by atoms with E-state index in [0.717, 1.165) is 19.4 Å². The van der Waals surface area contributed by atoms with Crippen LogP contribution in [0.25, 0.3) is 10.9 Å². The number of amides is 1. The van der Waals surface area contributed by atoms with Crippen LogP contribution in [0.1, 0.15) is 26.2 Å². The van der Waals surface area contributed by atoms with Gasteiger partial charge in [0, 0.05) is 18.5 Å². The number of nitrogens with one attached hydrogen (secondary N) is 2. The maximum Gasteiger partial charge on any atom is 0.277 e. The highest BCUT2D eigenvalue weighted by atomic mass is 35.5. The fourth-order valence-corrected chi connectivity index (χ4v) is 2.90. The molecule has 1 fully saturated rings. The maximum absolute atomic E-state index is 12.3. The summed E-state index contributed by atoms with van der Waals surface area (Å²) in [5.74, 6) is -0.0626. The summed E-state index contributed by atoms with van der Waals surface area (Å²) in [6, 6.07) is 7.50. The highest BCUT2D eigenvalue weighted by molar-refractivity contribution is 5.85. The van der Waals surface area contributed by atoms with Gasteiger partial charge in [0.2, 0.25) is 5.91 Å². The smallest absolute Gasteiger partial charge is 0.277 e. The zero-order valence-electron chi connectivity index (χ0n) is 13.6. The molecule has 2 heterocycles. The number of hydrogen-bond donors (Lipinski definition) is 2. The molecule has 3 rings (SSSR count). The van der Waals surface area contributed by atoms with Gasteiger partial charge in [0.1, 0.15) is 5.52 Å². The van der Waals surface area contributed by atoms with Crippen LogP contribution in [0.2, 0.25) is 0 Å². The fourth-order valence-electron chi connectivity index (χ4n) is 2.90. The van der Waals surface area contributed by atoms with Gasteiger partial charge in [-0.2, -0.15) is 0 Å². The molecule has 1 saturated heterocycles. The summed E-state index contributed by atoms with van der Waals surface area (Å²) in [6.45, 7) is 3.30. The first-order chi connectivity index (χ1) is 11.1. The minimum absolute atomic E-state index is 0. The number of piperidine rings is 1. The normalized spacial score (nSPS) is 20.4. The highest BCUT2D eigenvalue weighted by Crippen LogP contribution is 2.08. The first-order valence-electron chi connectivity index (χ1n) is 8.00. The molecule has 2 N–H and O–H groups in total. The molecule has 1 aliphatic heterocycles. The first kappa shape index (κ1) is 18.4. The Balaban J connectivity index is 0.00000208. The summed E-state index contributed by atoms with van der Waals surface area (Å²) in [6.07, 6.45) is 2.26. The van der Waals surface area contributed by atoms with Gasteiger partial charge in [-0.05, 0) is 38.4 Å². The van der Waals surface area contributed by atoms with Crippen molar-refractivity contribution in [2.75, 3.05) is 6.54 Å². The van der Waals surface area contributed by atoms with Crippen LogP contribution in [0.5, 0.6) is 0 Å². The molecule has 8 heteroatoms. The summed E-state index contributed by atoms with van der Waals surface area (Å²) >= 11 is 0. The Morgan fingerprint density at radius 3 is 3.00 bits per heavy atom. The summed E-state index contributed by atoms with van der Waals surface area (Å²) < 4.78 is 1.25. The lowest BCUT2D eigenvalue weighted by Crippen LogP contribution is -2.52. The van der Waals surface area contributed by atoms with E-state index < -0.39 is 0 Å². The van der Waals surface area contributed by atoms with Crippen molar-refractivity contribution < 1.29 is 4.79 Å². The number of aryl methyl sites for hydroxylation is 1. The molecule has 0 aliphatic carbocycles. The van der Waals surface area contributed by atoms with Crippen LogP contribution in [0, 0.1) is 0 Å². The van der Waals surface area contributed by atoms with Gasteiger partial charge in [-0.3, -0.25) is 9.59 Å². The van der Waals surface area contributed by atoms with Crippen LogP contribution in [-0.2, 0) is 11.3 Å². The second kappa shape index (κ2) is 8.21. The van der Waals surface area contributed by atoms with Crippen molar-refractivity contribution in [3.8, 4) is 0 Å². The highest BCUT2D eigenvalue weighted by Gasteiger charge is 2.22. The van der Waals surface area contributed by atoms with Gasteiger partial charge in [-0.1, -0.05) is 17.3 Å². The lowest BCUT2D eigenvalue weighted by Gasteiger charge is -2.30. The minimum atomic E-state index is -0.212. The molecule has 1 aromatic heterocycles. The van der Waals surface area contributed by atoms with Crippen LogP contribution in [-0.4, -0.2) is 39.5 Å². The Kier molecular flexibility index (Phi) is 6.28. The molecule has 0 bridgehead atoms. The summed E-state index contributed by atoms with van der Waals surface area (Å²) in [7, 11) is 0. The minimum Gasteiger partial charge on any atom is -0.352 e. The monoisotopic (exact) mass is 351 g/mol. The van der Waals surface area contributed by atoms with Crippen molar-refractivity contribution in [2.24, 2.45) is 0 Å². The molecule has 1 aliphatic rings. The summed E-state index contributed by atoms with van der Waals surface area (Å²) in [5, 5.41) is 14.8. The largest absolute Gasteiger partial charge is 0.352 e. The number of benzene rings is 1. The van der Waals surface area contributed by atoms with E-state index in [1.807, 2.05) is 6.07 Å². The number of halogens is 1. The second-order valence-corrected chi connectivity index (χ2v) is 5.94. The molecule has 2 aromatic rings. The maximum atomic E-state index is 12.3. The first-order valence-corrected chi connectivity index (χ1v) is 8.00. The van der Waals surface area contributed by atoms with E-state index >= 15 is 0 Å². The van der Waals surface area contributed by atoms with Gasteiger partial charge in [0.05, 0.1) is 11.9 Å². The molecular formula is C16H22ClN5O2. The van der Waals surface area contributed by atoms with E-state index in [1.165, 1.54) is 4.68 Å². The molecule has 2 unspecified atom stereocenters. The predicted octanol–water partition coefficient (Wildman–Crippen LogP) is 0.860. The SMILES string of the molecule is CC1NCCCC1NC(=O)CCn1nnc2ccccc2c1=O.Cl. The number of hydrogen-bond acceptors (Lipinski definition) is 5. The van der Waals surface area contributed by atoms with E-state index in [0.29, 0.717) is 10.9 Å². The van der Waals surface area contributed by atoms with Crippen molar-refractivity contribution in [1.82, 2.24) is 25.6 Å². The molecule has 0 spiro atoms.